The van der Waals surface area contributed by atoms with Crippen molar-refractivity contribution < 1.29 is 5.11 Å². The van der Waals surface area contributed by atoms with E-state index in [0.717, 1.165) is 12.2 Å². The van der Waals surface area contributed by atoms with Crippen molar-refractivity contribution in [1.29, 1.82) is 0 Å². The molecule has 1 aliphatic rings. The molecule has 70 valence electrons. The zero-order chi connectivity index (χ0) is 8.81. The molecular weight excluding hydrogens is 168 g/mol. The summed E-state index contributed by atoms with van der Waals surface area (Å²) in [6.07, 6.45) is 10.3. The molecule has 0 spiro atoms. The summed E-state index contributed by atoms with van der Waals surface area (Å²) in [5.41, 5.74) is 1.28. The van der Waals surface area contributed by atoms with Crippen molar-refractivity contribution in [3.05, 3.63) is 11.6 Å². The second-order valence-electron chi connectivity index (χ2n) is 3.35. The van der Waals surface area contributed by atoms with E-state index in [-0.39, 0.29) is 6.10 Å². The van der Waals surface area contributed by atoms with E-state index in [9.17, 15) is 5.11 Å². The van der Waals surface area contributed by atoms with Crippen LogP contribution in [0.15, 0.2) is 11.6 Å². The maximum Gasteiger partial charge on any atom is 0.0840 e. The molecule has 12 heavy (non-hydrogen) atoms. The van der Waals surface area contributed by atoms with E-state index < -0.39 is 0 Å². The fourth-order valence-electron chi connectivity index (χ4n) is 1.61. The highest BCUT2D eigenvalue weighted by molar-refractivity contribution is 7.98. The van der Waals surface area contributed by atoms with Crippen molar-refractivity contribution in [2.45, 2.75) is 38.2 Å². The number of aliphatic hydroxyl groups is 1. The molecule has 0 radical (unpaired) electrons. The molecule has 0 fully saturated rings. The molecule has 1 atom stereocenters. The van der Waals surface area contributed by atoms with Gasteiger partial charge in [-0.1, -0.05) is 12.5 Å². The van der Waals surface area contributed by atoms with Gasteiger partial charge in [0.05, 0.1) is 6.10 Å². The molecule has 0 saturated heterocycles. The first-order chi connectivity index (χ1) is 5.84. The van der Waals surface area contributed by atoms with Crippen molar-refractivity contribution in [3.63, 3.8) is 0 Å². The van der Waals surface area contributed by atoms with E-state index in [1.54, 1.807) is 11.8 Å². The van der Waals surface area contributed by atoms with E-state index in [0.29, 0.717) is 0 Å². The number of thioether (sulfide) groups is 1. The second kappa shape index (κ2) is 5.65. The summed E-state index contributed by atoms with van der Waals surface area (Å²) >= 11 is 1.72. The highest BCUT2D eigenvalue weighted by Gasteiger charge is 2.11. The van der Waals surface area contributed by atoms with Crippen LogP contribution in [0.1, 0.15) is 32.1 Å². The van der Waals surface area contributed by atoms with Crippen LogP contribution < -0.4 is 0 Å². The monoisotopic (exact) mass is 186 g/mol. The minimum atomic E-state index is -0.182. The van der Waals surface area contributed by atoms with Gasteiger partial charge in [0, 0.05) is 5.75 Å². The van der Waals surface area contributed by atoms with Crippen LogP contribution in [0.25, 0.3) is 0 Å². The Morgan fingerprint density at radius 3 is 3.08 bits per heavy atom. The summed E-state index contributed by atoms with van der Waals surface area (Å²) in [6.45, 7) is 0. The summed E-state index contributed by atoms with van der Waals surface area (Å²) in [5.74, 6) is 0.853. The Morgan fingerprint density at radius 2 is 2.33 bits per heavy atom. The SMILES string of the molecule is CSCC(O)C1=CCCCCC1. The van der Waals surface area contributed by atoms with E-state index in [2.05, 4.69) is 6.08 Å². The van der Waals surface area contributed by atoms with Crippen LogP contribution in [0, 0.1) is 0 Å². The molecule has 0 aromatic rings. The molecular formula is C10H18OS. The van der Waals surface area contributed by atoms with Crippen LogP contribution in [-0.2, 0) is 0 Å². The van der Waals surface area contributed by atoms with Gasteiger partial charge < -0.3 is 5.11 Å². The fourth-order valence-corrected chi connectivity index (χ4v) is 2.14. The standard InChI is InChI=1S/C10H18OS/c1-12-8-10(11)9-6-4-2-3-5-7-9/h6,10-11H,2-5,7-8H2,1H3. The average Bonchev–Trinajstić information content (AvgIpc) is 2.32. The Morgan fingerprint density at radius 1 is 1.50 bits per heavy atom. The van der Waals surface area contributed by atoms with Crippen molar-refractivity contribution in [2.75, 3.05) is 12.0 Å². The van der Waals surface area contributed by atoms with Gasteiger partial charge in [-0.2, -0.15) is 11.8 Å². The van der Waals surface area contributed by atoms with Crippen LogP contribution in [0.2, 0.25) is 0 Å². The van der Waals surface area contributed by atoms with E-state index >= 15 is 0 Å². The van der Waals surface area contributed by atoms with Gasteiger partial charge in [-0.3, -0.25) is 0 Å². The predicted molar refractivity (Wildman–Crippen MR) is 55.6 cm³/mol. The minimum Gasteiger partial charge on any atom is -0.388 e. The van der Waals surface area contributed by atoms with Crippen molar-refractivity contribution in [1.82, 2.24) is 0 Å². The van der Waals surface area contributed by atoms with E-state index in [1.807, 2.05) is 6.26 Å². The predicted octanol–water partition coefficient (Wildman–Crippen LogP) is 2.60. The number of hydrogen-bond acceptors (Lipinski definition) is 2. The first kappa shape index (κ1) is 10.1. The largest absolute Gasteiger partial charge is 0.388 e. The van der Waals surface area contributed by atoms with Crippen LogP contribution in [0.4, 0.5) is 0 Å². The van der Waals surface area contributed by atoms with Gasteiger partial charge in [0.15, 0.2) is 0 Å². The summed E-state index contributed by atoms with van der Waals surface area (Å²) in [6, 6.07) is 0. The van der Waals surface area contributed by atoms with Crippen LogP contribution in [-0.4, -0.2) is 23.2 Å². The zero-order valence-electron chi connectivity index (χ0n) is 7.75. The Balaban J connectivity index is 2.41. The van der Waals surface area contributed by atoms with Crippen LogP contribution in [0.3, 0.4) is 0 Å². The Bertz CT molecular complexity index is 154. The topological polar surface area (TPSA) is 20.2 Å². The van der Waals surface area contributed by atoms with Crippen LogP contribution in [0.5, 0.6) is 0 Å². The molecule has 1 aliphatic carbocycles. The van der Waals surface area contributed by atoms with Gasteiger partial charge in [0.2, 0.25) is 0 Å². The lowest BCUT2D eigenvalue weighted by atomic mass is 10.1. The zero-order valence-corrected chi connectivity index (χ0v) is 8.57. The summed E-state index contributed by atoms with van der Waals surface area (Å²) in [7, 11) is 0. The third-order valence-corrected chi connectivity index (χ3v) is 2.98. The molecule has 0 heterocycles. The van der Waals surface area contributed by atoms with Crippen molar-refractivity contribution in [3.8, 4) is 0 Å². The molecule has 1 rings (SSSR count). The number of hydrogen-bond donors (Lipinski definition) is 1. The van der Waals surface area contributed by atoms with E-state index in [4.69, 9.17) is 0 Å². The molecule has 1 N–H and O–H groups in total. The molecule has 0 aromatic carbocycles. The highest BCUT2D eigenvalue weighted by Crippen LogP contribution is 2.21. The maximum atomic E-state index is 9.71. The molecule has 0 saturated carbocycles. The van der Waals surface area contributed by atoms with Crippen molar-refractivity contribution in [2.24, 2.45) is 0 Å². The summed E-state index contributed by atoms with van der Waals surface area (Å²) in [5, 5.41) is 9.71. The van der Waals surface area contributed by atoms with Crippen molar-refractivity contribution >= 4 is 11.8 Å². The normalized spacial score (nSPS) is 21.3. The van der Waals surface area contributed by atoms with Gasteiger partial charge in [-0.15, -0.1) is 0 Å². The first-order valence-corrected chi connectivity index (χ1v) is 6.10. The summed E-state index contributed by atoms with van der Waals surface area (Å²) in [4.78, 5) is 0. The Kier molecular flexibility index (Phi) is 4.77. The lowest BCUT2D eigenvalue weighted by Gasteiger charge is -2.12. The lowest BCUT2D eigenvalue weighted by molar-refractivity contribution is 0.231. The molecule has 2 heteroatoms. The Labute approximate surface area is 79.2 Å². The second-order valence-corrected chi connectivity index (χ2v) is 4.26. The quantitative estimate of drug-likeness (QED) is 0.684. The summed E-state index contributed by atoms with van der Waals surface area (Å²) < 4.78 is 0. The van der Waals surface area contributed by atoms with E-state index in [1.165, 1.54) is 31.3 Å². The van der Waals surface area contributed by atoms with Gasteiger partial charge >= 0.3 is 0 Å². The molecule has 0 amide bonds. The molecule has 1 nitrogen and oxygen atoms in total. The fraction of sp³-hybridized carbons (Fsp3) is 0.800. The average molecular weight is 186 g/mol. The highest BCUT2D eigenvalue weighted by atomic mass is 32.2. The van der Waals surface area contributed by atoms with Gasteiger partial charge in [-0.05, 0) is 37.5 Å². The van der Waals surface area contributed by atoms with Crippen LogP contribution >= 0.6 is 11.8 Å². The lowest BCUT2D eigenvalue weighted by Crippen LogP contribution is -2.12. The molecule has 0 aromatic heterocycles. The third-order valence-electron chi connectivity index (χ3n) is 2.33. The minimum absolute atomic E-state index is 0.182. The third kappa shape index (κ3) is 3.20. The molecule has 1 unspecified atom stereocenters. The number of aliphatic hydroxyl groups excluding tert-OH is 1. The van der Waals surface area contributed by atoms with Gasteiger partial charge in [0.1, 0.15) is 0 Å². The Hall–Kier alpha value is 0.0500. The molecule has 0 bridgehead atoms. The smallest absolute Gasteiger partial charge is 0.0840 e. The molecule has 0 aliphatic heterocycles. The first-order valence-electron chi connectivity index (χ1n) is 4.70. The van der Waals surface area contributed by atoms with Gasteiger partial charge in [0.25, 0.3) is 0 Å². The number of rotatable bonds is 3. The number of allylic oxidation sites excluding steroid dienone is 1. The van der Waals surface area contributed by atoms with Gasteiger partial charge in [-0.25, -0.2) is 0 Å². The maximum absolute atomic E-state index is 9.71.